The van der Waals surface area contributed by atoms with Gasteiger partial charge >= 0.3 is 22.6 Å². The molecule has 0 aliphatic rings. The Balaban J connectivity index is 3.44. The zero-order valence-corrected chi connectivity index (χ0v) is 12.7. The first kappa shape index (κ1) is 21.8. The Labute approximate surface area is 133 Å². The number of rotatable bonds is 5. The van der Waals surface area contributed by atoms with Crippen molar-refractivity contribution < 1.29 is 50.2 Å². The van der Waals surface area contributed by atoms with Gasteiger partial charge in [0.25, 0.3) is 0 Å². The van der Waals surface area contributed by atoms with E-state index in [1.165, 1.54) is 0 Å². The molecule has 1 aromatic rings. The second kappa shape index (κ2) is 5.61. The van der Waals surface area contributed by atoms with Crippen LogP contribution in [-0.4, -0.2) is 12.4 Å². The second-order valence-corrected chi connectivity index (χ2v) is 7.57. The van der Waals surface area contributed by atoms with Crippen molar-refractivity contribution in [3.8, 4) is 0 Å². The van der Waals surface area contributed by atoms with Crippen molar-refractivity contribution in [2.45, 2.75) is 42.9 Å². The largest absolute Gasteiger partial charge is 0.389 e. The molecule has 0 heterocycles. The van der Waals surface area contributed by atoms with Gasteiger partial charge in [-0.25, -0.2) is 4.39 Å². The zero-order valence-electron chi connectivity index (χ0n) is 11.9. The van der Waals surface area contributed by atoms with Crippen molar-refractivity contribution in [3.05, 3.63) is 29.1 Å². The summed E-state index contributed by atoms with van der Waals surface area (Å²) < 4.78 is 151. The highest BCUT2D eigenvalue weighted by atomic mass is 32.5. The van der Waals surface area contributed by atoms with E-state index in [9.17, 15) is 50.2 Å². The van der Waals surface area contributed by atoms with Crippen LogP contribution in [0, 0.1) is 5.82 Å². The maximum Gasteiger partial charge on any atom is 0.389 e. The highest BCUT2D eigenvalue weighted by molar-refractivity contribution is 8.45. The van der Waals surface area contributed by atoms with Crippen LogP contribution in [0.15, 0.2) is 17.0 Å². The quantitative estimate of drug-likeness (QED) is 0.439. The molecule has 13 heteroatoms. The van der Waals surface area contributed by atoms with E-state index in [1.807, 2.05) is 0 Å². The summed E-state index contributed by atoms with van der Waals surface area (Å²) in [6, 6.07) is 0.494. The smallest absolute Gasteiger partial charge is 0.205 e. The van der Waals surface area contributed by atoms with E-state index in [1.54, 1.807) is 0 Å². The van der Waals surface area contributed by atoms with Gasteiger partial charge < -0.3 is 0 Å². The van der Waals surface area contributed by atoms with Gasteiger partial charge in [-0.1, -0.05) is 31.6 Å². The molecular formula is C12H10F12S. The van der Waals surface area contributed by atoms with Crippen LogP contribution in [0.2, 0.25) is 0 Å². The lowest BCUT2D eigenvalue weighted by atomic mass is 10.0. The first-order valence-electron chi connectivity index (χ1n) is 6.37. The molecule has 1 aromatic carbocycles. The molecule has 0 radical (unpaired) electrons. The number of hydrogen-bond donors (Lipinski definition) is 0. The number of hydrogen-bond acceptors (Lipinski definition) is 0. The Morgan fingerprint density at radius 1 is 0.680 bits per heavy atom. The summed E-state index contributed by atoms with van der Waals surface area (Å²) in [6.45, 7) is 0. The summed E-state index contributed by atoms with van der Waals surface area (Å²) in [5.74, 6) is -2.68. The Hall–Kier alpha value is -1.27. The van der Waals surface area contributed by atoms with Gasteiger partial charge in [0.05, 0.1) is 0 Å². The van der Waals surface area contributed by atoms with Crippen LogP contribution >= 0.6 is 10.2 Å². The van der Waals surface area contributed by atoms with Crippen LogP contribution in [0.4, 0.5) is 50.2 Å². The average molecular weight is 414 g/mol. The van der Waals surface area contributed by atoms with Gasteiger partial charge in [0, 0.05) is 12.8 Å². The molecule has 0 aliphatic heterocycles. The predicted molar refractivity (Wildman–Crippen MR) is 66.5 cm³/mol. The molecule has 0 saturated heterocycles. The minimum atomic E-state index is -10.8. The summed E-state index contributed by atoms with van der Waals surface area (Å²) in [5, 5.41) is 0. The molecule has 0 bridgehead atoms. The van der Waals surface area contributed by atoms with Gasteiger partial charge in [0.15, 0.2) is 0 Å². The SMILES string of the molecule is Fc1c(CCC(F)(F)F)ccc(CCC(F)(F)F)c1S(F)(F)(F)(F)F. The summed E-state index contributed by atoms with van der Waals surface area (Å²) in [7, 11) is -10.8. The number of benzene rings is 1. The van der Waals surface area contributed by atoms with E-state index in [0.717, 1.165) is 0 Å². The maximum atomic E-state index is 13.9. The summed E-state index contributed by atoms with van der Waals surface area (Å²) in [4.78, 5) is -3.19. The lowest BCUT2D eigenvalue weighted by Gasteiger charge is -2.42. The molecule has 0 spiro atoms. The van der Waals surface area contributed by atoms with Gasteiger partial charge in [0.2, 0.25) is 0 Å². The van der Waals surface area contributed by atoms with E-state index in [4.69, 9.17) is 0 Å². The van der Waals surface area contributed by atoms with Crippen LogP contribution < -0.4 is 0 Å². The average Bonchev–Trinajstić information content (AvgIpc) is 2.29. The van der Waals surface area contributed by atoms with Crippen molar-refractivity contribution >= 4 is 10.2 Å². The van der Waals surface area contributed by atoms with Crippen LogP contribution in [0.25, 0.3) is 0 Å². The summed E-state index contributed by atoms with van der Waals surface area (Å²) in [5.41, 5.74) is -2.97. The van der Waals surface area contributed by atoms with E-state index < -0.39 is 70.1 Å². The van der Waals surface area contributed by atoms with Crippen molar-refractivity contribution in [2.75, 3.05) is 0 Å². The Morgan fingerprint density at radius 3 is 1.40 bits per heavy atom. The molecule has 0 fully saturated rings. The third kappa shape index (κ3) is 6.86. The van der Waals surface area contributed by atoms with Gasteiger partial charge in [-0.15, -0.1) is 0 Å². The Kier molecular flexibility index (Phi) is 4.89. The summed E-state index contributed by atoms with van der Waals surface area (Å²) >= 11 is 0. The van der Waals surface area contributed by atoms with Gasteiger partial charge in [0.1, 0.15) is 10.7 Å². The Bertz CT molecular complexity index is 637. The van der Waals surface area contributed by atoms with Crippen molar-refractivity contribution in [3.63, 3.8) is 0 Å². The van der Waals surface area contributed by atoms with Crippen molar-refractivity contribution in [1.29, 1.82) is 0 Å². The van der Waals surface area contributed by atoms with Crippen molar-refractivity contribution in [2.24, 2.45) is 0 Å². The molecule has 0 atom stereocenters. The molecule has 0 saturated carbocycles. The highest BCUT2D eigenvalue weighted by Gasteiger charge is 2.68. The monoisotopic (exact) mass is 414 g/mol. The topological polar surface area (TPSA) is 0 Å². The van der Waals surface area contributed by atoms with Gasteiger partial charge in [-0.05, 0) is 24.0 Å². The normalized spacial score (nSPS) is 16.5. The molecule has 0 amide bonds. The molecule has 0 aromatic heterocycles. The fourth-order valence-corrected chi connectivity index (χ4v) is 3.13. The lowest BCUT2D eigenvalue weighted by Crippen LogP contribution is -2.17. The third-order valence-corrected chi connectivity index (χ3v) is 4.21. The van der Waals surface area contributed by atoms with Crippen LogP contribution in [0.5, 0.6) is 0 Å². The van der Waals surface area contributed by atoms with Gasteiger partial charge in [-0.3, -0.25) is 0 Å². The van der Waals surface area contributed by atoms with Crippen LogP contribution in [0.3, 0.4) is 0 Å². The number of aryl methyl sites for hydroxylation is 2. The molecular weight excluding hydrogens is 404 g/mol. The molecule has 148 valence electrons. The number of halogens is 12. The van der Waals surface area contributed by atoms with Crippen molar-refractivity contribution in [1.82, 2.24) is 0 Å². The zero-order chi connectivity index (χ0) is 20.0. The second-order valence-electron chi connectivity index (χ2n) is 5.23. The van der Waals surface area contributed by atoms with Gasteiger partial charge in [-0.2, -0.15) is 26.3 Å². The summed E-state index contributed by atoms with van der Waals surface area (Å²) in [6.07, 6.45) is -16.6. The van der Waals surface area contributed by atoms with E-state index in [0.29, 0.717) is 6.07 Å². The van der Waals surface area contributed by atoms with Crippen LogP contribution in [-0.2, 0) is 12.8 Å². The first-order valence-corrected chi connectivity index (χ1v) is 8.32. The van der Waals surface area contributed by atoms with E-state index in [2.05, 4.69) is 0 Å². The minimum absolute atomic E-state index is 0.147. The maximum absolute atomic E-state index is 13.9. The third-order valence-electron chi connectivity index (χ3n) is 3.00. The van der Waals surface area contributed by atoms with Crippen LogP contribution in [0.1, 0.15) is 24.0 Å². The fourth-order valence-electron chi connectivity index (χ4n) is 2.00. The first-order chi connectivity index (χ1) is 10.7. The van der Waals surface area contributed by atoms with E-state index in [-0.39, 0.29) is 6.07 Å². The molecule has 1 rings (SSSR count). The standard InChI is InChI=1S/C12H10F12S/c13-9-7(3-5-11(14,15)16)1-2-8(4-6-12(17,18)19)10(9)25(20,21,22,23)24/h1-2H,3-6H2. The Morgan fingerprint density at radius 2 is 1.04 bits per heavy atom. The minimum Gasteiger partial charge on any atom is -0.205 e. The predicted octanol–water partition coefficient (Wildman–Crippen LogP) is 7.47. The molecule has 0 unspecified atom stereocenters. The molecule has 25 heavy (non-hydrogen) atoms. The lowest BCUT2D eigenvalue weighted by molar-refractivity contribution is -0.135. The number of alkyl halides is 6. The molecule has 0 aliphatic carbocycles. The molecule has 0 nitrogen and oxygen atoms in total. The highest BCUT2D eigenvalue weighted by Crippen LogP contribution is 3.02. The molecule has 0 N–H and O–H groups in total. The van der Waals surface area contributed by atoms with E-state index >= 15 is 0 Å². The fraction of sp³-hybridized carbons (Fsp3) is 0.500.